The summed E-state index contributed by atoms with van der Waals surface area (Å²) >= 11 is 0. The molecule has 0 spiro atoms. The summed E-state index contributed by atoms with van der Waals surface area (Å²) < 4.78 is 16.9. The summed E-state index contributed by atoms with van der Waals surface area (Å²) in [6.07, 6.45) is -0.375. The van der Waals surface area contributed by atoms with E-state index in [2.05, 4.69) is 5.32 Å². The van der Waals surface area contributed by atoms with E-state index in [1.807, 2.05) is 42.5 Å². The Morgan fingerprint density at radius 3 is 2.59 bits per heavy atom. The molecule has 2 aliphatic heterocycles. The van der Waals surface area contributed by atoms with Crippen LogP contribution in [0, 0.1) is 0 Å². The lowest BCUT2D eigenvalue weighted by atomic mass is 9.71. The first-order valence-corrected chi connectivity index (χ1v) is 12.6. The maximum atomic E-state index is 13.9. The monoisotopic (exact) mass is 556 g/mol. The molecular formula is C30H24N2O9. The second kappa shape index (κ2) is 9.20. The Morgan fingerprint density at radius 2 is 1.85 bits per heavy atom. The standard InChI is InChI=1S/C30H24N2O9/c1-14(33)22-18(34)12-21-30(2,26(22)36)24-19(35)11-20-23(25(24)41-21)27(37)32(29(39-3)40-20)28(38)31-13-16-9-6-8-15-7-4-5-10-17(15)16/h4-12,29,34-35H,13H2,1-3H3,(H,31,38)/t29?,30-/m1/s1. The topological polar surface area (TPSA) is 152 Å². The minimum Gasteiger partial charge on any atom is -0.507 e. The van der Waals surface area contributed by atoms with Crippen LogP contribution in [0.3, 0.4) is 0 Å². The van der Waals surface area contributed by atoms with E-state index in [9.17, 15) is 29.4 Å². The largest absolute Gasteiger partial charge is 0.507 e. The molecular weight excluding hydrogens is 532 g/mol. The average Bonchev–Trinajstić information content (AvgIpc) is 3.24. The number of phenolic OH excluding ortho intramolecular Hbond substituents is 1. The normalized spacial score (nSPS) is 21.0. The summed E-state index contributed by atoms with van der Waals surface area (Å²) in [5, 5.41) is 26.0. The predicted octanol–water partition coefficient (Wildman–Crippen LogP) is 3.74. The molecule has 3 amide bonds. The molecule has 0 fully saturated rings. The quantitative estimate of drug-likeness (QED) is 0.408. The van der Waals surface area contributed by atoms with Crippen LogP contribution in [0.25, 0.3) is 10.8 Å². The molecule has 11 nitrogen and oxygen atoms in total. The van der Waals surface area contributed by atoms with E-state index in [0.29, 0.717) is 0 Å². The number of nitrogens with one attached hydrogen (secondary N) is 1. The highest BCUT2D eigenvalue weighted by molar-refractivity contribution is 6.26. The Balaban J connectivity index is 1.38. The first kappa shape index (κ1) is 26.1. The van der Waals surface area contributed by atoms with Gasteiger partial charge in [-0.1, -0.05) is 42.5 Å². The number of benzene rings is 3. The molecule has 1 aliphatic carbocycles. The van der Waals surface area contributed by atoms with Crippen molar-refractivity contribution in [3.63, 3.8) is 0 Å². The highest BCUT2D eigenvalue weighted by Crippen LogP contribution is 2.57. The number of carbonyl (C=O) groups is 4. The molecule has 6 rings (SSSR count). The van der Waals surface area contributed by atoms with Crippen LogP contribution in [0.4, 0.5) is 4.79 Å². The SMILES string of the molecule is COC1Oc2cc(O)c3c(c2C(=O)N1C(=O)NCc1cccc2ccccc12)OC1=CC(O)=C(C(C)=O)C(=O)[C@]13C. The molecule has 0 saturated heterocycles. The third-order valence-electron chi connectivity index (χ3n) is 7.59. The van der Waals surface area contributed by atoms with E-state index in [1.165, 1.54) is 14.0 Å². The number of aromatic hydroxyl groups is 1. The van der Waals surface area contributed by atoms with E-state index in [1.54, 1.807) is 0 Å². The van der Waals surface area contributed by atoms with Crippen LogP contribution in [0.1, 0.15) is 35.3 Å². The van der Waals surface area contributed by atoms with Crippen molar-refractivity contribution in [2.24, 2.45) is 0 Å². The zero-order chi connectivity index (χ0) is 29.2. The molecule has 0 saturated carbocycles. The molecule has 2 atom stereocenters. The first-order valence-electron chi connectivity index (χ1n) is 12.6. The number of amides is 3. The zero-order valence-electron chi connectivity index (χ0n) is 22.2. The Morgan fingerprint density at radius 1 is 1.12 bits per heavy atom. The molecule has 0 radical (unpaired) electrons. The smallest absolute Gasteiger partial charge is 0.329 e. The summed E-state index contributed by atoms with van der Waals surface area (Å²) in [7, 11) is 1.24. The van der Waals surface area contributed by atoms with Crippen molar-refractivity contribution in [2.45, 2.75) is 32.2 Å². The van der Waals surface area contributed by atoms with Crippen LogP contribution in [0.5, 0.6) is 17.2 Å². The number of hydrogen-bond acceptors (Lipinski definition) is 9. The molecule has 3 aromatic rings. The van der Waals surface area contributed by atoms with Crippen molar-refractivity contribution >= 4 is 34.3 Å². The number of allylic oxidation sites excluding steroid dienone is 3. The third kappa shape index (κ3) is 3.70. The molecule has 41 heavy (non-hydrogen) atoms. The van der Waals surface area contributed by atoms with Gasteiger partial charge in [-0.25, -0.2) is 4.79 Å². The minimum atomic E-state index is -1.72. The van der Waals surface area contributed by atoms with E-state index in [4.69, 9.17) is 14.2 Å². The number of urea groups is 1. The van der Waals surface area contributed by atoms with E-state index in [-0.39, 0.29) is 34.9 Å². The molecule has 1 unspecified atom stereocenters. The average molecular weight is 557 g/mol. The predicted molar refractivity (Wildman–Crippen MR) is 143 cm³/mol. The Labute approximate surface area is 233 Å². The van der Waals surface area contributed by atoms with Gasteiger partial charge in [0.2, 0.25) is 0 Å². The van der Waals surface area contributed by atoms with Crippen LogP contribution < -0.4 is 14.8 Å². The van der Waals surface area contributed by atoms with Crippen molar-refractivity contribution < 1.29 is 43.6 Å². The van der Waals surface area contributed by atoms with Gasteiger partial charge in [0.1, 0.15) is 39.6 Å². The van der Waals surface area contributed by atoms with E-state index in [0.717, 1.165) is 40.3 Å². The fourth-order valence-corrected chi connectivity index (χ4v) is 5.56. The molecule has 0 aromatic heterocycles. The number of fused-ring (bicyclic) bond motifs is 6. The summed E-state index contributed by atoms with van der Waals surface area (Å²) in [5.74, 6) is -3.86. The maximum absolute atomic E-state index is 13.9. The van der Waals surface area contributed by atoms with Gasteiger partial charge in [0.25, 0.3) is 12.3 Å². The number of hydrogen-bond donors (Lipinski definition) is 3. The second-order valence-electron chi connectivity index (χ2n) is 9.99. The number of carbonyl (C=O) groups excluding carboxylic acids is 4. The number of nitrogens with zero attached hydrogens (tertiary/aromatic N) is 1. The Hall–Kier alpha value is -5.16. The van der Waals surface area contributed by atoms with Crippen molar-refractivity contribution in [1.29, 1.82) is 0 Å². The zero-order valence-corrected chi connectivity index (χ0v) is 22.2. The molecule has 2 heterocycles. The molecule has 0 bridgehead atoms. The van der Waals surface area contributed by atoms with Crippen LogP contribution in [0.15, 0.2) is 71.7 Å². The van der Waals surface area contributed by atoms with E-state index >= 15 is 0 Å². The fraction of sp³-hybridized carbons (Fsp3) is 0.200. The number of aliphatic hydroxyl groups excluding tert-OH is 1. The lowest BCUT2D eigenvalue weighted by molar-refractivity contribution is -0.129. The van der Waals surface area contributed by atoms with Gasteiger partial charge in [-0.3, -0.25) is 14.4 Å². The van der Waals surface area contributed by atoms with Crippen molar-refractivity contribution in [2.75, 3.05) is 7.11 Å². The number of methoxy groups -OCH3 is 1. The Kier molecular flexibility index (Phi) is 5.86. The van der Waals surface area contributed by atoms with Gasteiger partial charge in [0.05, 0.1) is 5.56 Å². The third-order valence-corrected chi connectivity index (χ3v) is 7.59. The summed E-state index contributed by atoms with van der Waals surface area (Å²) in [4.78, 5) is 53.6. The van der Waals surface area contributed by atoms with Crippen LogP contribution in [0.2, 0.25) is 0 Å². The number of phenols is 1. The van der Waals surface area contributed by atoms with Gasteiger partial charge in [-0.15, -0.1) is 0 Å². The molecule has 3 N–H and O–H groups in total. The first-order chi connectivity index (χ1) is 19.6. The second-order valence-corrected chi connectivity index (χ2v) is 9.99. The van der Waals surface area contributed by atoms with Crippen molar-refractivity contribution in [3.05, 3.63) is 88.4 Å². The summed E-state index contributed by atoms with van der Waals surface area (Å²) in [5.41, 5.74) is -1.69. The Bertz CT molecular complexity index is 1770. The van der Waals surface area contributed by atoms with Gasteiger partial charge in [-0.05, 0) is 30.2 Å². The molecule has 208 valence electrons. The molecule has 3 aromatic carbocycles. The fourth-order valence-electron chi connectivity index (χ4n) is 5.56. The number of ketones is 2. The minimum absolute atomic E-state index is 0.0929. The number of Topliss-reactive ketones (excluding diaryl/α,β-unsaturated/α-hetero) is 2. The number of rotatable bonds is 4. The molecule has 11 heteroatoms. The van der Waals surface area contributed by atoms with Crippen molar-refractivity contribution in [3.8, 4) is 17.2 Å². The van der Waals surface area contributed by atoms with Gasteiger partial charge in [0.15, 0.2) is 17.3 Å². The van der Waals surface area contributed by atoms with Crippen molar-refractivity contribution in [1.82, 2.24) is 10.2 Å². The van der Waals surface area contributed by atoms with Gasteiger partial charge in [0, 0.05) is 25.8 Å². The van der Waals surface area contributed by atoms with Crippen LogP contribution in [-0.2, 0) is 26.3 Å². The highest BCUT2D eigenvalue weighted by atomic mass is 16.7. The number of aliphatic hydroxyl groups is 1. The van der Waals surface area contributed by atoms with E-state index < -0.39 is 52.4 Å². The lowest BCUT2D eigenvalue weighted by Gasteiger charge is -2.34. The number of ether oxygens (including phenoxy) is 3. The van der Waals surface area contributed by atoms with Crippen LogP contribution >= 0.6 is 0 Å². The van der Waals surface area contributed by atoms with Gasteiger partial charge >= 0.3 is 6.03 Å². The maximum Gasteiger partial charge on any atom is 0.329 e. The van der Waals surface area contributed by atoms with Crippen LogP contribution in [-0.4, -0.2) is 52.1 Å². The van der Waals surface area contributed by atoms with Gasteiger partial charge < -0.3 is 29.7 Å². The lowest BCUT2D eigenvalue weighted by Crippen LogP contribution is -2.54. The summed E-state index contributed by atoms with van der Waals surface area (Å²) in [6.45, 7) is 2.64. The highest BCUT2D eigenvalue weighted by Gasteiger charge is 2.56. The summed E-state index contributed by atoms with van der Waals surface area (Å²) in [6, 6.07) is 13.6. The number of imide groups is 1. The van der Waals surface area contributed by atoms with Gasteiger partial charge in [-0.2, -0.15) is 4.90 Å². The molecule has 3 aliphatic rings.